The molecule has 0 fully saturated rings. The van der Waals surface area contributed by atoms with Gasteiger partial charge in [-0.3, -0.25) is 0 Å². The van der Waals surface area contributed by atoms with Crippen molar-refractivity contribution in [3.63, 3.8) is 0 Å². The first-order valence-corrected chi connectivity index (χ1v) is 7.25. The summed E-state index contributed by atoms with van der Waals surface area (Å²) in [7, 11) is 1.91. The number of halogens is 1. The van der Waals surface area contributed by atoms with Crippen molar-refractivity contribution in [2.75, 3.05) is 18.5 Å². The molecule has 0 saturated carbocycles. The number of rotatable bonds is 5. The zero-order valence-corrected chi connectivity index (χ0v) is 12.1. The number of thiophene rings is 1. The maximum Gasteiger partial charge on any atom is 0.146 e. The Hall–Kier alpha value is -1.39. The summed E-state index contributed by atoms with van der Waals surface area (Å²) < 4.78 is 14.0. The van der Waals surface area contributed by atoms with Gasteiger partial charge in [-0.2, -0.15) is 0 Å². The van der Waals surface area contributed by atoms with Crippen molar-refractivity contribution in [1.82, 2.24) is 0 Å². The van der Waals surface area contributed by atoms with Gasteiger partial charge in [0.15, 0.2) is 0 Å². The van der Waals surface area contributed by atoms with Crippen LogP contribution in [-0.2, 0) is 6.42 Å². The van der Waals surface area contributed by atoms with Crippen LogP contribution in [0.1, 0.15) is 23.4 Å². The molecule has 0 bridgehead atoms. The van der Waals surface area contributed by atoms with Crippen LogP contribution in [0.5, 0.6) is 0 Å². The summed E-state index contributed by atoms with van der Waals surface area (Å²) in [4.78, 5) is 3.26. The lowest BCUT2D eigenvalue weighted by molar-refractivity contribution is 0.616. The van der Waals surface area contributed by atoms with E-state index in [0.29, 0.717) is 5.69 Å². The van der Waals surface area contributed by atoms with E-state index in [4.69, 9.17) is 5.73 Å². The Balaban J connectivity index is 2.16. The van der Waals surface area contributed by atoms with Crippen molar-refractivity contribution < 1.29 is 4.39 Å². The number of para-hydroxylation sites is 1. The summed E-state index contributed by atoms with van der Waals surface area (Å²) in [5, 5.41) is 2.06. The van der Waals surface area contributed by atoms with Gasteiger partial charge in [-0.05, 0) is 36.4 Å². The van der Waals surface area contributed by atoms with Gasteiger partial charge in [0.2, 0.25) is 0 Å². The predicted octanol–water partition coefficient (Wildman–Crippen LogP) is 3.59. The lowest BCUT2D eigenvalue weighted by Crippen LogP contribution is -2.24. The third-order valence-electron chi connectivity index (χ3n) is 3.16. The molecule has 2 rings (SSSR count). The van der Waals surface area contributed by atoms with E-state index in [2.05, 4.69) is 11.4 Å². The van der Waals surface area contributed by atoms with Crippen LogP contribution in [0.25, 0.3) is 0 Å². The van der Waals surface area contributed by atoms with E-state index in [1.54, 1.807) is 17.4 Å². The van der Waals surface area contributed by atoms with Crippen molar-refractivity contribution in [2.24, 2.45) is 5.73 Å². The Labute approximate surface area is 117 Å². The molecule has 0 amide bonds. The fourth-order valence-electron chi connectivity index (χ4n) is 2.15. The number of anilines is 1. The second kappa shape index (κ2) is 6.17. The molecule has 1 aromatic heterocycles. The van der Waals surface area contributed by atoms with Crippen molar-refractivity contribution in [3.8, 4) is 0 Å². The highest BCUT2D eigenvalue weighted by Crippen LogP contribution is 2.27. The van der Waals surface area contributed by atoms with Gasteiger partial charge in [-0.25, -0.2) is 4.39 Å². The van der Waals surface area contributed by atoms with E-state index in [0.717, 1.165) is 18.5 Å². The van der Waals surface area contributed by atoms with E-state index in [1.165, 1.54) is 10.9 Å². The van der Waals surface area contributed by atoms with Gasteiger partial charge >= 0.3 is 0 Å². The summed E-state index contributed by atoms with van der Waals surface area (Å²) in [6.45, 7) is 2.66. The normalized spacial score (nSPS) is 12.4. The average molecular weight is 278 g/mol. The minimum absolute atomic E-state index is 0.171. The number of benzene rings is 1. The van der Waals surface area contributed by atoms with Crippen LogP contribution in [0.15, 0.2) is 35.7 Å². The van der Waals surface area contributed by atoms with Crippen LogP contribution >= 0.6 is 11.3 Å². The molecular weight excluding hydrogens is 259 g/mol. The molecule has 2 N–H and O–H groups in total. The quantitative estimate of drug-likeness (QED) is 0.905. The highest BCUT2D eigenvalue weighted by molar-refractivity contribution is 7.09. The predicted molar refractivity (Wildman–Crippen MR) is 80.3 cm³/mol. The molecule has 1 atom stereocenters. The summed E-state index contributed by atoms with van der Waals surface area (Å²) >= 11 is 1.73. The Morgan fingerprint density at radius 2 is 2.11 bits per heavy atom. The standard InChI is InChI=1S/C15H19FN2S/c1-11(17)13-6-3-7-14(16)15(13)18(2)9-8-12-5-4-10-19-12/h3-7,10-11H,8-9,17H2,1-2H3. The molecule has 0 aliphatic carbocycles. The van der Waals surface area contributed by atoms with E-state index in [9.17, 15) is 4.39 Å². The molecular formula is C15H19FN2S. The Kier molecular flexibility index (Phi) is 4.56. The van der Waals surface area contributed by atoms with E-state index in [1.807, 2.05) is 31.0 Å². The molecule has 102 valence electrons. The van der Waals surface area contributed by atoms with Crippen LogP contribution in [-0.4, -0.2) is 13.6 Å². The summed E-state index contributed by atoms with van der Waals surface area (Å²) in [5.74, 6) is -0.205. The number of nitrogens with zero attached hydrogens (tertiary/aromatic N) is 1. The van der Waals surface area contributed by atoms with Gasteiger partial charge in [0.05, 0.1) is 5.69 Å². The van der Waals surface area contributed by atoms with Crippen molar-refractivity contribution in [2.45, 2.75) is 19.4 Å². The smallest absolute Gasteiger partial charge is 0.146 e. The lowest BCUT2D eigenvalue weighted by Gasteiger charge is -2.24. The fourth-order valence-corrected chi connectivity index (χ4v) is 2.84. The van der Waals surface area contributed by atoms with E-state index in [-0.39, 0.29) is 11.9 Å². The van der Waals surface area contributed by atoms with Crippen molar-refractivity contribution in [1.29, 1.82) is 0 Å². The molecule has 19 heavy (non-hydrogen) atoms. The molecule has 0 saturated heterocycles. The third-order valence-corrected chi connectivity index (χ3v) is 4.10. The summed E-state index contributed by atoms with van der Waals surface area (Å²) in [5.41, 5.74) is 7.40. The van der Waals surface area contributed by atoms with Gasteiger partial charge in [-0.15, -0.1) is 11.3 Å². The van der Waals surface area contributed by atoms with Crippen LogP contribution in [0.2, 0.25) is 0 Å². The number of nitrogens with two attached hydrogens (primary N) is 1. The zero-order chi connectivity index (χ0) is 13.8. The van der Waals surface area contributed by atoms with E-state index < -0.39 is 0 Å². The Bertz CT molecular complexity index is 523. The molecule has 1 aromatic carbocycles. The zero-order valence-electron chi connectivity index (χ0n) is 11.3. The van der Waals surface area contributed by atoms with Gasteiger partial charge in [0.1, 0.15) is 5.82 Å². The van der Waals surface area contributed by atoms with Crippen LogP contribution in [0.4, 0.5) is 10.1 Å². The minimum Gasteiger partial charge on any atom is -0.372 e. The van der Waals surface area contributed by atoms with E-state index >= 15 is 0 Å². The molecule has 4 heteroatoms. The second-order valence-electron chi connectivity index (χ2n) is 4.72. The maximum absolute atomic E-state index is 14.0. The van der Waals surface area contributed by atoms with Gasteiger partial charge in [-0.1, -0.05) is 18.2 Å². The molecule has 0 aliphatic heterocycles. The number of hydrogen-bond donors (Lipinski definition) is 1. The fraction of sp³-hybridized carbons (Fsp3) is 0.333. The number of hydrogen-bond acceptors (Lipinski definition) is 3. The SMILES string of the molecule is CC(N)c1cccc(F)c1N(C)CCc1cccs1. The Morgan fingerprint density at radius 1 is 1.32 bits per heavy atom. The second-order valence-corrected chi connectivity index (χ2v) is 5.75. The van der Waals surface area contributed by atoms with Gasteiger partial charge in [0.25, 0.3) is 0 Å². The molecule has 1 unspecified atom stereocenters. The molecule has 1 heterocycles. The molecule has 0 aliphatic rings. The lowest BCUT2D eigenvalue weighted by atomic mass is 10.1. The van der Waals surface area contributed by atoms with Gasteiger partial charge < -0.3 is 10.6 Å². The summed E-state index contributed by atoms with van der Waals surface area (Å²) in [6, 6.07) is 9.07. The van der Waals surface area contributed by atoms with Crippen LogP contribution < -0.4 is 10.6 Å². The topological polar surface area (TPSA) is 29.3 Å². The highest BCUT2D eigenvalue weighted by atomic mass is 32.1. The Morgan fingerprint density at radius 3 is 2.74 bits per heavy atom. The monoisotopic (exact) mass is 278 g/mol. The molecule has 2 aromatic rings. The number of likely N-dealkylation sites (N-methyl/N-ethyl adjacent to an activating group) is 1. The first-order chi connectivity index (χ1) is 9.09. The first kappa shape index (κ1) is 14.0. The first-order valence-electron chi connectivity index (χ1n) is 6.37. The maximum atomic E-state index is 14.0. The minimum atomic E-state index is -0.205. The van der Waals surface area contributed by atoms with Crippen molar-refractivity contribution in [3.05, 3.63) is 52.0 Å². The largest absolute Gasteiger partial charge is 0.372 e. The molecule has 0 spiro atoms. The average Bonchev–Trinajstić information content (AvgIpc) is 2.88. The van der Waals surface area contributed by atoms with Crippen LogP contribution in [0.3, 0.4) is 0 Å². The highest BCUT2D eigenvalue weighted by Gasteiger charge is 2.15. The molecule has 0 radical (unpaired) electrons. The molecule has 2 nitrogen and oxygen atoms in total. The third kappa shape index (κ3) is 3.33. The van der Waals surface area contributed by atoms with Crippen molar-refractivity contribution >= 4 is 17.0 Å². The van der Waals surface area contributed by atoms with Crippen LogP contribution in [0, 0.1) is 5.82 Å². The van der Waals surface area contributed by atoms with Gasteiger partial charge in [0, 0.05) is 24.5 Å². The summed E-state index contributed by atoms with van der Waals surface area (Å²) in [6.07, 6.45) is 0.918.